The maximum atomic E-state index is 12.7. The Bertz CT molecular complexity index is 1250. The molecule has 0 unspecified atom stereocenters. The predicted octanol–water partition coefficient (Wildman–Crippen LogP) is 1.68. The second-order valence-electron chi connectivity index (χ2n) is 7.89. The van der Waals surface area contributed by atoms with E-state index in [0.717, 1.165) is 30.4 Å². The Balaban J connectivity index is 1.39. The molecule has 158 valence electrons. The molecule has 0 aliphatic carbocycles. The molecule has 0 saturated carbocycles. The molecule has 3 aromatic rings. The number of hydrogen-bond acceptors (Lipinski definition) is 5. The van der Waals surface area contributed by atoms with Crippen molar-refractivity contribution >= 4 is 21.4 Å². The maximum Gasteiger partial charge on any atom is 0.272 e. The Morgan fingerprint density at radius 2 is 1.83 bits per heavy atom. The lowest BCUT2D eigenvalue weighted by molar-refractivity contribution is -0.131. The second-order valence-corrected chi connectivity index (χ2v) is 9.90. The van der Waals surface area contributed by atoms with Gasteiger partial charge in [0, 0.05) is 48.8 Å². The van der Waals surface area contributed by atoms with Crippen molar-refractivity contribution in [2.75, 3.05) is 19.3 Å². The summed E-state index contributed by atoms with van der Waals surface area (Å²) in [6.07, 6.45) is 3.02. The van der Waals surface area contributed by atoms with Crippen LogP contribution in [0.25, 0.3) is 5.65 Å². The molecule has 9 heteroatoms. The number of hydrogen-bond donors (Lipinski definition) is 1. The molecule has 8 nitrogen and oxygen atoms in total. The minimum Gasteiger partial charge on any atom is -0.342 e. The van der Waals surface area contributed by atoms with E-state index in [2.05, 4.69) is 10.1 Å². The lowest BCUT2D eigenvalue weighted by atomic mass is 9.93. The first-order valence-electron chi connectivity index (χ1n) is 9.87. The number of fused-ring (bicyclic) bond motifs is 1. The largest absolute Gasteiger partial charge is 0.342 e. The molecule has 0 bridgehead atoms. The molecule has 1 aromatic carbocycles. The fraction of sp³-hybridized carbons (Fsp3) is 0.381. The minimum absolute atomic E-state index is 0.0331. The number of aromatic amines is 1. The van der Waals surface area contributed by atoms with Gasteiger partial charge < -0.3 is 4.90 Å². The van der Waals surface area contributed by atoms with E-state index in [1.807, 2.05) is 11.0 Å². The lowest BCUT2D eigenvalue weighted by Gasteiger charge is -2.31. The molecular weight excluding hydrogens is 404 g/mol. The topological polar surface area (TPSA) is 105 Å². The van der Waals surface area contributed by atoms with Crippen molar-refractivity contribution in [3.63, 3.8) is 0 Å². The standard InChI is InChI=1S/C21H24N4O4S/c1-14-11-21(27)25-19(22-14)13-18(23-25)16-7-9-24(10-8-16)20(26)12-15-3-5-17(6-4-15)30(2,28)29/h3-6,11,13,16,23H,7-10,12H2,1-2H3. The Kier molecular flexibility index (Phi) is 5.23. The average molecular weight is 429 g/mol. The molecular formula is C21H24N4O4S. The van der Waals surface area contributed by atoms with Crippen LogP contribution in [0.4, 0.5) is 0 Å². The number of nitrogens with zero attached hydrogens (tertiary/aromatic N) is 3. The van der Waals surface area contributed by atoms with Crippen LogP contribution in [0.2, 0.25) is 0 Å². The van der Waals surface area contributed by atoms with Gasteiger partial charge in [0.05, 0.1) is 11.3 Å². The van der Waals surface area contributed by atoms with Crippen molar-refractivity contribution in [1.82, 2.24) is 19.5 Å². The SMILES string of the molecule is Cc1cc(=O)n2[nH]c(C3CCN(C(=O)Cc4ccc(S(C)(=O)=O)cc4)CC3)cc2n1. The van der Waals surface area contributed by atoms with Gasteiger partial charge in [0.15, 0.2) is 15.5 Å². The minimum atomic E-state index is -3.24. The van der Waals surface area contributed by atoms with Crippen LogP contribution in [0.1, 0.15) is 35.7 Å². The number of aromatic nitrogens is 3. The molecule has 0 spiro atoms. The molecule has 2 aromatic heterocycles. The predicted molar refractivity (Wildman–Crippen MR) is 112 cm³/mol. The van der Waals surface area contributed by atoms with Gasteiger partial charge in [-0.3, -0.25) is 14.7 Å². The van der Waals surface area contributed by atoms with Crippen molar-refractivity contribution in [1.29, 1.82) is 0 Å². The number of piperidine rings is 1. The summed E-state index contributed by atoms with van der Waals surface area (Å²) in [5.74, 6) is 0.273. The van der Waals surface area contributed by atoms with E-state index >= 15 is 0 Å². The van der Waals surface area contributed by atoms with E-state index in [1.165, 1.54) is 22.7 Å². The number of amides is 1. The summed E-state index contributed by atoms with van der Waals surface area (Å²) in [6.45, 7) is 3.08. The van der Waals surface area contributed by atoms with E-state index in [4.69, 9.17) is 0 Å². The lowest BCUT2D eigenvalue weighted by Crippen LogP contribution is -2.38. The summed E-state index contributed by atoms with van der Waals surface area (Å²) in [5.41, 5.74) is 2.94. The van der Waals surface area contributed by atoms with Crippen molar-refractivity contribution in [2.24, 2.45) is 0 Å². The zero-order valence-electron chi connectivity index (χ0n) is 17.0. The highest BCUT2D eigenvalue weighted by molar-refractivity contribution is 7.90. The Morgan fingerprint density at radius 3 is 2.47 bits per heavy atom. The highest BCUT2D eigenvalue weighted by Gasteiger charge is 2.25. The summed E-state index contributed by atoms with van der Waals surface area (Å²) in [5, 5.41) is 3.15. The third kappa shape index (κ3) is 4.16. The van der Waals surface area contributed by atoms with Crippen LogP contribution in [-0.4, -0.2) is 53.2 Å². The fourth-order valence-corrected chi connectivity index (χ4v) is 4.55. The van der Waals surface area contributed by atoms with E-state index < -0.39 is 9.84 Å². The normalized spacial score (nSPS) is 15.6. The summed E-state index contributed by atoms with van der Waals surface area (Å²) in [4.78, 5) is 31.2. The van der Waals surface area contributed by atoms with E-state index in [1.54, 1.807) is 19.1 Å². The molecule has 30 heavy (non-hydrogen) atoms. The Morgan fingerprint density at radius 1 is 1.17 bits per heavy atom. The van der Waals surface area contributed by atoms with Crippen LogP contribution in [0.15, 0.2) is 46.1 Å². The number of rotatable bonds is 4. The van der Waals surface area contributed by atoms with Gasteiger partial charge in [-0.1, -0.05) is 12.1 Å². The smallest absolute Gasteiger partial charge is 0.272 e. The van der Waals surface area contributed by atoms with Crippen LogP contribution in [0, 0.1) is 6.92 Å². The molecule has 1 saturated heterocycles. The third-order valence-corrected chi connectivity index (χ3v) is 6.72. The van der Waals surface area contributed by atoms with Crippen molar-refractivity contribution < 1.29 is 13.2 Å². The Hall–Kier alpha value is -2.94. The van der Waals surface area contributed by atoms with E-state index in [-0.39, 0.29) is 28.7 Å². The number of nitrogens with one attached hydrogen (secondary N) is 1. The zero-order chi connectivity index (χ0) is 21.5. The molecule has 0 radical (unpaired) electrons. The number of H-pyrrole nitrogens is 1. The number of aryl methyl sites for hydroxylation is 1. The molecule has 1 N–H and O–H groups in total. The Labute approximate surface area is 174 Å². The van der Waals surface area contributed by atoms with E-state index in [9.17, 15) is 18.0 Å². The van der Waals surface area contributed by atoms with E-state index in [0.29, 0.717) is 24.4 Å². The van der Waals surface area contributed by atoms with Gasteiger partial charge in [-0.05, 0) is 37.5 Å². The first kappa shape index (κ1) is 20.3. The molecule has 1 amide bonds. The number of likely N-dealkylation sites (tertiary alicyclic amines) is 1. The maximum absolute atomic E-state index is 12.7. The number of sulfone groups is 1. The van der Waals surface area contributed by atoms with Crippen molar-refractivity contribution in [3.8, 4) is 0 Å². The van der Waals surface area contributed by atoms with Crippen LogP contribution in [0.3, 0.4) is 0 Å². The number of carbonyl (C=O) groups excluding carboxylic acids is 1. The quantitative estimate of drug-likeness (QED) is 0.681. The summed E-state index contributed by atoms with van der Waals surface area (Å²) in [7, 11) is -3.24. The van der Waals surface area contributed by atoms with Crippen LogP contribution in [-0.2, 0) is 21.1 Å². The summed E-state index contributed by atoms with van der Waals surface area (Å²) >= 11 is 0. The molecule has 1 fully saturated rings. The second kappa shape index (κ2) is 7.71. The van der Waals surface area contributed by atoms with Gasteiger partial charge in [-0.2, -0.15) is 0 Å². The van der Waals surface area contributed by atoms with Gasteiger partial charge in [0.1, 0.15) is 0 Å². The highest BCUT2D eigenvalue weighted by atomic mass is 32.2. The molecule has 0 atom stereocenters. The van der Waals surface area contributed by atoms with Crippen molar-refractivity contribution in [3.05, 3.63) is 63.7 Å². The number of benzene rings is 1. The van der Waals surface area contributed by atoms with Gasteiger partial charge in [-0.25, -0.2) is 17.9 Å². The number of carbonyl (C=O) groups is 1. The highest BCUT2D eigenvalue weighted by Crippen LogP contribution is 2.27. The van der Waals surface area contributed by atoms with Crippen LogP contribution < -0.4 is 5.56 Å². The fourth-order valence-electron chi connectivity index (χ4n) is 3.92. The molecule has 3 heterocycles. The van der Waals surface area contributed by atoms with Crippen LogP contribution in [0.5, 0.6) is 0 Å². The van der Waals surface area contributed by atoms with Crippen LogP contribution >= 0.6 is 0 Å². The monoisotopic (exact) mass is 428 g/mol. The first-order chi connectivity index (χ1) is 14.2. The summed E-state index contributed by atoms with van der Waals surface area (Å²) in [6, 6.07) is 9.88. The molecule has 1 aliphatic rings. The van der Waals surface area contributed by atoms with Gasteiger partial charge >= 0.3 is 0 Å². The average Bonchev–Trinajstić information content (AvgIpc) is 3.12. The van der Waals surface area contributed by atoms with Gasteiger partial charge in [0.25, 0.3) is 5.56 Å². The zero-order valence-corrected chi connectivity index (χ0v) is 17.8. The van der Waals surface area contributed by atoms with Gasteiger partial charge in [-0.15, -0.1) is 0 Å². The summed E-state index contributed by atoms with van der Waals surface area (Å²) < 4.78 is 24.6. The first-order valence-corrected chi connectivity index (χ1v) is 11.8. The van der Waals surface area contributed by atoms with Crippen molar-refractivity contribution in [2.45, 2.75) is 37.0 Å². The van der Waals surface area contributed by atoms with Gasteiger partial charge in [0.2, 0.25) is 5.91 Å². The molecule has 4 rings (SSSR count). The third-order valence-electron chi connectivity index (χ3n) is 5.59. The molecule has 1 aliphatic heterocycles.